The van der Waals surface area contributed by atoms with E-state index in [1.807, 2.05) is 30.0 Å². The number of likely N-dealkylation sites (tertiary alicyclic amines) is 1. The number of amides is 2. The summed E-state index contributed by atoms with van der Waals surface area (Å²) < 4.78 is 6.20. The van der Waals surface area contributed by atoms with E-state index in [-0.39, 0.29) is 11.6 Å². The third-order valence-corrected chi connectivity index (χ3v) is 4.02. The predicted molar refractivity (Wildman–Crippen MR) is 78.7 cm³/mol. The van der Waals surface area contributed by atoms with Gasteiger partial charge in [0, 0.05) is 38.0 Å². The van der Waals surface area contributed by atoms with Crippen molar-refractivity contribution in [1.82, 2.24) is 10.2 Å². The van der Waals surface area contributed by atoms with Crippen LogP contribution in [-0.4, -0.2) is 36.2 Å². The zero-order valence-electron chi connectivity index (χ0n) is 11.8. The summed E-state index contributed by atoms with van der Waals surface area (Å²) in [4.78, 5) is 13.7. The summed E-state index contributed by atoms with van der Waals surface area (Å²) in [7, 11) is 0. The molecule has 4 nitrogen and oxygen atoms in total. The summed E-state index contributed by atoms with van der Waals surface area (Å²) in [6.45, 7) is 4.08. The Bertz CT molecular complexity index is 531. The van der Waals surface area contributed by atoms with Crippen molar-refractivity contribution in [3.63, 3.8) is 0 Å². The van der Waals surface area contributed by atoms with Crippen LogP contribution < -0.4 is 10.1 Å². The standard InChI is InChI=1S/C16H20N2O2/c1-2-17-15(19)18-11-9-16(10-12-18)8-7-13-5-3-4-6-14(13)20-16/h3-8H,2,9-12H2,1H3,(H,17,19). The number of piperidine rings is 1. The molecule has 2 aliphatic heterocycles. The van der Waals surface area contributed by atoms with Crippen LogP contribution in [-0.2, 0) is 0 Å². The predicted octanol–water partition coefficient (Wildman–Crippen LogP) is 2.66. The fraction of sp³-hybridized carbons (Fsp3) is 0.438. The van der Waals surface area contributed by atoms with Crippen LogP contribution in [0.1, 0.15) is 25.3 Å². The lowest BCUT2D eigenvalue weighted by atomic mass is 9.88. The highest BCUT2D eigenvalue weighted by molar-refractivity contribution is 5.74. The smallest absolute Gasteiger partial charge is 0.317 e. The van der Waals surface area contributed by atoms with E-state index in [1.165, 1.54) is 0 Å². The first-order chi connectivity index (χ1) is 9.72. The van der Waals surface area contributed by atoms with Crippen molar-refractivity contribution in [2.75, 3.05) is 19.6 Å². The third kappa shape index (κ3) is 2.38. The SMILES string of the molecule is CCNC(=O)N1CCC2(C=Cc3ccccc3O2)CC1. The van der Waals surface area contributed by atoms with Gasteiger partial charge in [-0.3, -0.25) is 0 Å². The molecule has 1 saturated heterocycles. The second kappa shape index (κ2) is 5.19. The van der Waals surface area contributed by atoms with Gasteiger partial charge >= 0.3 is 6.03 Å². The second-order valence-electron chi connectivity index (χ2n) is 5.36. The van der Waals surface area contributed by atoms with Gasteiger partial charge in [0.15, 0.2) is 0 Å². The summed E-state index contributed by atoms with van der Waals surface area (Å²) in [6, 6.07) is 8.11. The van der Waals surface area contributed by atoms with Crippen LogP contribution in [0.4, 0.5) is 4.79 Å². The molecule has 0 atom stereocenters. The minimum absolute atomic E-state index is 0.0301. The van der Waals surface area contributed by atoms with Gasteiger partial charge in [-0.15, -0.1) is 0 Å². The molecule has 20 heavy (non-hydrogen) atoms. The van der Waals surface area contributed by atoms with Gasteiger partial charge in [-0.25, -0.2) is 4.79 Å². The highest BCUT2D eigenvalue weighted by Gasteiger charge is 2.37. The number of carbonyl (C=O) groups is 1. The maximum Gasteiger partial charge on any atom is 0.317 e. The van der Waals surface area contributed by atoms with Gasteiger partial charge in [-0.1, -0.05) is 24.3 Å². The van der Waals surface area contributed by atoms with Gasteiger partial charge in [-0.05, 0) is 19.1 Å². The Morgan fingerprint density at radius 1 is 1.35 bits per heavy atom. The topological polar surface area (TPSA) is 41.6 Å². The number of fused-ring (bicyclic) bond motifs is 1. The van der Waals surface area contributed by atoms with Crippen molar-refractivity contribution in [1.29, 1.82) is 0 Å². The molecule has 0 aliphatic carbocycles. The number of rotatable bonds is 1. The number of hydrogen-bond donors (Lipinski definition) is 1. The first-order valence-corrected chi connectivity index (χ1v) is 7.22. The van der Waals surface area contributed by atoms with E-state index < -0.39 is 0 Å². The van der Waals surface area contributed by atoms with Crippen molar-refractivity contribution in [2.24, 2.45) is 0 Å². The van der Waals surface area contributed by atoms with Crippen LogP contribution in [0.2, 0.25) is 0 Å². The van der Waals surface area contributed by atoms with Crippen molar-refractivity contribution >= 4 is 12.1 Å². The Labute approximate surface area is 119 Å². The Kier molecular flexibility index (Phi) is 3.38. The molecule has 2 heterocycles. The zero-order valence-corrected chi connectivity index (χ0v) is 11.8. The van der Waals surface area contributed by atoms with E-state index in [0.717, 1.165) is 37.2 Å². The van der Waals surface area contributed by atoms with E-state index in [4.69, 9.17) is 4.74 Å². The minimum atomic E-state index is -0.239. The molecule has 1 N–H and O–H groups in total. The number of urea groups is 1. The first-order valence-electron chi connectivity index (χ1n) is 7.22. The van der Waals surface area contributed by atoms with Crippen LogP contribution in [0.25, 0.3) is 6.08 Å². The van der Waals surface area contributed by atoms with Crippen molar-refractivity contribution in [3.05, 3.63) is 35.9 Å². The fourth-order valence-corrected chi connectivity index (χ4v) is 2.83. The molecule has 0 bridgehead atoms. The molecule has 1 fully saturated rings. The maximum atomic E-state index is 11.8. The molecule has 0 radical (unpaired) electrons. The Morgan fingerprint density at radius 2 is 2.10 bits per heavy atom. The number of benzene rings is 1. The Hall–Kier alpha value is -1.97. The van der Waals surface area contributed by atoms with Crippen LogP contribution in [0.5, 0.6) is 5.75 Å². The number of para-hydroxylation sites is 1. The van der Waals surface area contributed by atoms with E-state index >= 15 is 0 Å². The lowest BCUT2D eigenvalue weighted by Crippen LogP contribution is -2.51. The van der Waals surface area contributed by atoms with E-state index in [2.05, 4.69) is 23.5 Å². The largest absolute Gasteiger partial charge is 0.482 e. The van der Waals surface area contributed by atoms with E-state index in [0.29, 0.717) is 6.54 Å². The van der Waals surface area contributed by atoms with E-state index in [9.17, 15) is 4.79 Å². The van der Waals surface area contributed by atoms with Crippen LogP contribution in [0.15, 0.2) is 30.3 Å². The third-order valence-electron chi connectivity index (χ3n) is 4.02. The number of nitrogens with one attached hydrogen (secondary N) is 1. The molecule has 2 aliphatic rings. The van der Waals surface area contributed by atoms with E-state index in [1.54, 1.807) is 0 Å². The molecule has 106 valence electrons. The van der Waals surface area contributed by atoms with Gasteiger partial charge in [-0.2, -0.15) is 0 Å². The number of ether oxygens (including phenoxy) is 1. The lowest BCUT2D eigenvalue weighted by molar-refractivity contribution is 0.0498. The van der Waals surface area contributed by atoms with Gasteiger partial charge in [0.1, 0.15) is 11.4 Å². The summed E-state index contributed by atoms with van der Waals surface area (Å²) in [5.41, 5.74) is 0.890. The fourth-order valence-electron chi connectivity index (χ4n) is 2.83. The van der Waals surface area contributed by atoms with Crippen molar-refractivity contribution in [3.8, 4) is 5.75 Å². The van der Waals surface area contributed by atoms with Crippen LogP contribution in [0.3, 0.4) is 0 Å². The molecular weight excluding hydrogens is 252 g/mol. The van der Waals surface area contributed by atoms with Crippen LogP contribution in [0, 0.1) is 0 Å². The number of hydrogen-bond acceptors (Lipinski definition) is 2. The molecule has 1 spiro atoms. The first kappa shape index (κ1) is 13.0. The maximum absolute atomic E-state index is 11.8. The second-order valence-corrected chi connectivity index (χ2v) is 5.36. The molecule has 0 saturated carbocycles. The summed E-state index contributed by atoms with van der Waals surface area (Å²) in [5.74, 6) is 0.946. The molecule has 0 aromatic heterocycles. The molecule has 1 aromatic carbocycles. The monoisotopic (exact) mass is 272 g/mol. The van der Waals surface area contributed by atoms with Gasteiger partial charge in [0.05, 0.1) is 0 Å². The van der Waals surface area contributed by atoms with Crippen molar-refractivity contribution in [2.45, 2.75) is 25.4 Å². The summed E-state index contributed by atoms with van der Waals surface area (Å²) >= 11 is 0. The normalized spacial score (nSPS) is 19.4. The molecular formula is C16H20N2O2. The number of carbonyl (C=O) groups excluding carboxylic acids is 1. The molecule has 0 unspecified atom stereocenters. The average molecular weight is 272 g/mol. The quantitative estimate of drug-likeness (QED) is 0.854. The average Bonchev–Trinajstić information content (AvgIpc) is 2.48. The van der Waals surface area contributed by atoms with Gasteiger partial charge in [0.2, 0.25) is 0 Å². The summed E-state index contributed by atoms with van der Waals surface area (Å²) in [5, 5.41) is 2.85. The lowest BCUT2D eigenvalue weighted by Gasteiger charge is -2.41. The van der Waals surface area contributed by atoms with Gasteiger partial charge < -0.3 is 15.0 Å². The molecule has 3 rings (SSSR count). The van der Waals surface area contributed by atoms with Gasteiger partial charge in [0.25, 0.3) is 0 Å². The Morgan fingerprint density at radius 3 is 2.85 bits per heavy atom. The number of nitrogens with zero attached hydrogens (tertiary/aromatic N) is 1. The molecule has 2 amide bonds. The summed E-state index contributed by atoms with van der Waals surface area (Å²) in [6.07, 6.45) is 5.98. The zero-order chi connectivity index (χ0) is 14.0. The highest BCUT2D eigenvalue weighted by Crippen LogP contribution is 2.36. The molecule has 4 heteroatoms. The van der Waals surface area contributed by atoms with Crippen molar-refractivity contribution < 1.29 is 9.53 Å². The molecule has 1 aromatic rings. The highest BCUT2D eigenvalue weighted by atomic mass is 16.5. The minimum Gasteiger partial charge on any atom is -0.482 e. The van der Waals surface area contributed by atoms with Crippen LogP contribution >= 0.6 is 0 Å². The Balaban J connectivity index is 1.68.